The van der Waals surface area contributed by atoms with Gasteiger partial charge in [-0.15, -0.1) is 0 Å². The summed E-state index contributed by atoms with van der Waals surface area (Å²) in [6.45, 7) is 2.29. The zero-order valence-corrected chi connectivity index (χ0v) is 10.8. The largest absolute Gasteiger partial charge is 0.481 e. The van der Waals surface area contributed by atoms with Crippen LogP contribution in [0.3, 0.4) is 0 Å². The molecule has 0 aromatic heterocycles. The number of carboxylic acids is 1. The van der Waals surface area contributed by atoms with Crippen molar-refractivity contribution in [2.24, 2.45) is 0 Å². The van der Waals surface area contributed by atoms with Crippen molar-refractivity contribution < 1.29 is 14.7 Å². The standard InChI is InChI=1S/C14H19NO3/c1-11-3-5-12(6-4-11)7-8-13(16)15(2)10-9-14(17)18/h3-6H,7-10H2,1-2H3,(H,17,18). The van der Waals surface area contributed by atoms with Gasteiger partial charge in [-0.1, -0.05) is 29.8 Å². The Morgan fingerprint density at radius 1 is 1.17 bits per heavy atom. The molecule has 0 aliphatic rings. The Bertz CT molecular complexity index is 412. The number of hydrogen-bond donors (Lipinski definition) is 1. The van der Waals surface area contributed by atoms with Gasteiger partial charge >= 0.3 is 5.97 Å². The zero-order chi connectivity index (χ0) is 13.5. The molecule has 1 aromatic carbocycles. The minimum Gasteiger partial charge on any atom is -0.481 e. The summed E-state index contributed by atoms with van der Waals surface area (Å²) < 4.78 is 0. The van der Waals surface area contributed by atoms with E-state index in [0.29, 0.717) is 12.8 Å². The fourth-order valence-electron chi connectivity index (χ4n) is 1.58. The maximum absolute atomic E-state index is 11.7. The molecule has 1 amide bonds. The lowest BCUT2D eigenvalue weighted by molar-refractivity contribution is -0.138. The van der Waals surface area contributed by atoms with Crippen molar-refractivity contribution >= 4 is 11.9 Å². The second-order valence-corrected chi connectivity index (χ2v) is 4.44. The Morgan fingerprint density at radius 2 is 1.78 bits per heavy atom. The van der Waals surface area contributed by atoms with Gasteiger partial charge in [-0.3, -0.25) is 9.59 Å². The molecule has 0 bridgehead atoms. The van der Waals surface area contributed by atoms with Crippen LogP contribution in [0.4, 0.5) is 0 Å². The van der Waals surface area contributed by atoms with Crippen molar-refractivity contribution in [3.05, 3.63) is 35.4 Å². The van der Waals surface area contributed by atoms with Crippen LogP contribution in [0.15, 0.2) is 24.3 Å². The number of nitrogens with zero attached hydrogens (tertiary/aromatic N) is 1. The summed E-state index contributed by atoms with van der Waals surface area (Å²) in [6.07, 6.45) is 1.10. The van der Waals surface area contributed by atoms with Crippen molar-refractivity contribution in [3.8, 4) is 0 Å². The van der Waals surface area contributed by atoms with Gasteiger partial charge in [0.25, 0.3) is 0 Å². The van der Waals surface area contributed by atoms with E-state index in [0.717, 1.165) is 5.56 Å². The van der Waals surface area contributed by atoms with Crippen LogP contribution in [0.5, 0.6) is 0 Å². The van der Waals surface area contributed by atoms with Crippen LogP contribution < -0.4 is 0 Å². The number of amides is 1. The number of carbonyl (C=O) groups excluding carboxylic acids is 1. The van der Waals surface area contributed by atoms with Crippen LogP contribution in [0, 0.1) is 6.92 Å². The van der Waals surface area contributed by atoms with Gasteiger partial charge in [-0.25, -0.2) is 0 Å². The zero-order valence-electron chi connectivity index (χ0n) is 10.8. The number of carboxylic acid groups (broad SMARTS) is 1. The van der Waals surface area contributed by atoms with Crippen LogP contribution in [0.25, 0.3) is 0 Å². The molecule has 1 N–H and O–H groups in total. The number of carbonyl (C=O) groups is 2. The van der Waals surface area contributed by atoms with Crippen LogP contribution >= 0.6 is 0 Å². The molecule has 0 aliphatic carbocycles. The Balaban J connectivity index is 2.36. The molecule has 0 radical (unpaired) electrons. The van der Waals surface area contributed by atoms with E-state index in [2.05, 4.69) is 0 Å². The fraction of sp³-hybridized carbons (Fsp3) is 0.429. The third-order valence-electron chi connectivity index (χ3n) is 2.83. The number of aliphatic carboxylic acids is 1. The number of rotatable bonds is 6. The van der Waals surface area contributed by atoms with Crippen molar-refractivity contribution in [1.29, 1.82) is 0 Å². The average molecular weight is 249 g/mol. The third-order valence-corrected chi connectivity index (χ3v) is 2.83. The Labute approximate surface area is 107 Å². The second kappa shape index (κ2) is 6.79. The van der Waals surface area contributed by atoms with E-state index in [1.807, 2.05) is 31.2 Å². The molecule has 0 saturated heterocycles. The summed E-state index contributed by atoms with van der Waals surface area (Å²) in [5, 5.41) is 8.54. The lowest BCUT2D eigenvalue weighted by Gasteiger charge is -2.15. The first-order valence-electron chi connectivity index (χ1n) is 6.00. The molecular weight excluding hydrogens is 230 g/mol. The van der Waals surface area contributed by atoms with Crippen molar-refractivity contribution in [3.63, 3.8) is 0 Å². The lowest BCUT2D eigenvalue weighted by atomic mass is 10.1. The average Bonchev–Trinajstić information content (AvgIpc) is 2.34. The highest BCUT2D eigenvalue weighted by molar-refractivity contribution is 5.77. The molecule has 4 heteroatoms. The minimum absolute atomic E-state index is 0.00717. The number of benzene rings is 1. The normalized spacial score (nSPS) is 10.1. The summed E-state index contributed by atoms with van der Waals surface area (Å²) in [4.78, 5) is 23.6. The van der Waals surface area contributed by atoms with E-state index in [1.165, 1.54) is 10.5 Å². The van der Waals surface area contributed by atoms with E-state index >= 15 is 0 Å². The third kappa shape index (κ3) is 4.99. The van der Waals surface area contributed by atoms with Gasteiger partial charge in [0.05, 0.1) is 6.42 Å². The first-order chi connectivity index (χ1) is 8.49. The second-order valence-electron chi connectivity index (χ2n) is 4.44. The molecule has 0 unspecified atom stereocenters. The quantitative estimate of drug-likeness (QED) is 0.837. The summed E-state index contributed by atoms with van der Waals surface area (Å²) in [5.74, 6) is -0.898. The van der Waals surface area contributed by atoms with Crippen molar-refractivity contribution in [1.82, 2.24) is 4.90 Å². The summed E-state index contributed by atoms with van der Waals surface area (Å²) >= 11 is 0. The van der Waals surface area contributed by atoms with Crippen molar-refractivity contribution in [2.45, 2.75) is 26.2 Å². The maximum atomic E-state index is 11.7. The van der Waals surface area contributed by atoms with Gasteiger partial charge in [0.2, 0.25) is 5.91 Å². The molecule has 0 atom stereocenters. The molecule has 4 nitrogen and oxygen atoms in total. The molecule has 0 fully saturated rings. The summed E-state index contributed by atoms with van der Waals surface area (Å²) in [7, 11) is 1.64. The van der Waals surface area contributed by atoms with Gasteiger partial charge in [0.15, 0.2) is 0 Å². The van der Waals surface area contributed by atoms with E-state index in [9.17, 15) is 9.59 Å². The Kier molecular flexibility index (Phi) is 5.36. The SMILES string of the molecule is Cc1ccc(CCC(=O)N(C)CCC(=O)O)cc1. The molecule has 0 saturated carbocycles. The highest BCUT2D eigenvalue weighted by atomic mass is 16.4. The molecule has 0 heterocycles. The summed E-state index contributed by atoms with van der Waals surface area (Å²) in [6, 6.07) is 8.07. The Hall–Kier alpha value is -1.84. The Morgan fingerprint density at radius 3 is 2.33 bits per heavy atom. The lowest BCUT2D eigenvalue weighted by Crippen LogP contribution is -2.29. The minimum atomic E-state index is -0.881. The molecule has 98 valence electrons. The van der Waals surface area contributed by atoms with Crippen molar-refractivity contribution in [2.75, 3.05) is 13.6 Å². The highest BCUT2D eigenvalue weighted by Crippen LogP contribution is 2.07. The molecular formula is C14H19NO3. The van der Waals surface area contributed by atoms with Gasteiger partial charge in [-0.2, -0.15) is 0 Å². The maximum Gasteiger partial charge on any atom is 0.305 e. The van der Waals surface area contributed by atoms with Crippen LogP contribution in [-0.4, -0.2) is 35.5 Å². The molecule has 1 rings (SSSR count). The number of aryl methyl sites for hydroxylation is 2. The first-order valence-corrected chi connectivity index (χ1v) is 6.00. The topological polar surface area (TPSA) is 57.6 Å². The monoisotopic (exact) mass is 249 g/mol. The van der Waals surface area contributed by atoms with E-state index in [-0.39, 0.29) is 18.9 Å². The number of hydrogen-bond acceptors (Lipinski definition) is 2. The van der Waals surface area contributed by atoms with Crippen LogP contribution in [-0.2, 0) is 16.0 Å². The fourth-order valence-corrected chi connectivity index (χ4v) is 1.58. The van der Waals surface area contributed by atoms with Gasteiger partial charge in [-0.05, 0) is 18.9 Å². The van der Waals surface area contributed by atoms with Gasteiger partial charge < -0.3 is 10.0 Å². The smallest absolute Gasteiger partial charge is 0.305 e. The molecule has 0 spiro atoms. The summed E-state index contributed by atoms with van der Waals surface area (Å²) in [5.41, 5.74) is 2.32. The highest BCUT2D eigenvalue weighted by Gasteiger charge is 2.10. The first kappa shape index (κ1) is 14.2. The molecule has 18 heavy (non-hydrogen) atoms. The van der Waals surface area contributed by atoms with E-state index < -0.39 is 5.97 Å². The predicted octanol–water partition coefficient (Wildman–Crippen LogP) is 1.86. The van der Waals surface area contributed by atoms with Gasteiger partial charge in [0, 0.05) is 20.0 Å². The van der Waals surface area contributed by atoms with Crippen LogP contribution in [0.1, 0.15) is 24.0 Å². The van der Waals surface area contributed by atoms with Crippen LogP contribution in [0.2, 0.25) is 0 Å². The van der Waals surface area contributed by atoms with Gasteiger partial charge in [0.1, 0.15) is 0 Å². The molecule has 0 aliphatic heterocycles. The van der Waals surface area contributed by atoms with E-state index in [1.54, 1.807) is 7.05 Å². The molecule has 1 aromatic rings. The van der Waals surface area contributed by atoms with E-state index in [4.69, 9.17) is 5.11 Å². The predicted molar refractivity (Wildman–Crippen MR) is 69.4 cm³/mol.